The fourth-order valence-corrected chi connectivity index (χ4v) is 1.56. The summed E-state index contributed by atoms with van der Waals surface area (Å²) in [4.78, 5) is 12.6. The third-order valence-electron chi connectivity index (χ3n) is 3.00. The van der Waals surface area contributed by atoms with E-state index in [0.29, 0.717) is 13.2 Å². The van der Waals surface area contributed by atoms with E-state index in [-0.39, 0.29) is 12.4 Å². The molecule has 0 amide bonds. The van der Waals surface area contributed by atoms with Crippen LogP contribution in [0.25, 0.3) is 0 Å². The zero-order valence-corrected chi connectivity index (χ0v) is 12.9. The third-order valence-corrected chi connectivity index (χ3v) is 3.00. The second-order valence-electron chi connectivity index (χ2n) is 4.37. The largest absolute Gasteiger partial charge is 0.497 e. The molecule has 1 rings (SSSR count). The van der Waals surface area contributed by atoms with Gasteiger partial charge in [-0.1, -0.05) is 0 Å². The number of hydrogen-bond donors (Lipinski definition) is 1. The fraction of sp³-hybridized carbons (Fsp3) is 0.500. The van der Waals surface area contributed by atoms with Crippen LogP contribution in [-0.4, -0.2) is 49.3 Å². The highest BCUT2D eigenvalue weighted by molar-refractivity contribution is 5.85. The molecule has 1 aromatic rings. The lowest BCUT2D eigenvalue weighted by atomic mass is 10.3. The van der Waals surface area contributed by atoms with Crippen molar-refractivity contribution in [2.24, 2.45) is 0 Å². The number of carbonyl (C=O) groups is 1. The van der Waals surface area contributed by atoms with Crippen molar-refractivity contribution in [3.05, 3.63) is 24.3 Å². The second-order valence-corrected chi connectivity index (χ2v) is 4.37. The van der Waals surface area contributed by atoms with Gasteiger partial charge < -0.3 is 14.6 Å². The first-order valence-electron chi connectivity index (χ1n) is 6.24. The molecule has 0 bridgehead atoms. The number of methoxy groups -OCH3 is 1. The predicted octanol–water partition coefficient (Wildman–Crippen LogP) is 2.29. The Morgan fingerprint density at radius 1 is 1.30 bits per heavy atom. The summed E-state index contributed by atoms with van der Waals surface area (Å²) in [5.41, 5.74) is 0. The number of nitrogens with zero attached hydrogens (tertiary/aromatic N) is 1. The van der Waals surface area contributed by atoms with Crippen LogP contribution >= 0.6 is 12.4 Å². The minimum atomic E-state index is -0.807. The van der Waals surface area contributed by atoms with Gasteiger partial charge in [0.2, 0.25) is 0 Å². The maximum absolute atomic E-state index is 10.8. The van der Waals surface area contributed by atoms with Crippen LogP contribution in [0.15, 0.2) is 24.3 Å². The summed E-state index contributed by atoms with van der Waals surface area (Å²) >= 11 is 0. The number of ether oxygens (including phenoxy) is 2. The molecule has 1 N–H and O–H groups in total. The van der Waals surface area contributed by atoms with Crippen molar-refractivity contribution in [1.82, 2.24) is 4.90 Å². The van der Waals surface area contributed by atoms with E-state index in [2.05, 4.69) is 0 Å². The molecular weight excluding hydrogens is 282 g/mol. The van der Waals surface area contributed by atoms with Crippen LogP contribution in [0.3, 0.4) is 0 Å². The van der Waals surface area contributed by atoms with Crippen molar-refractivity contribution < 1.29 is 19.4 Å². The van der Waals surface area contributed by atoms with Crippen molar-refractivity contribution in [1.29, 1.82) is 0 Å². The maximum Gasteiger partial charge on any atom is 0.320 e. The lowest BCUT2D eigenvalue weighted by Crippen LogP contribution is -2.36. The Kier molecular flexibility index (Phi) is 8.76. The number of likely N-dealkylation sites (N-methyl/N-ethyl adjacent to an activating group) is 1. The van der Waals surface area contributed by atoms with E-state index in [1.807, 2.05) is 24.3 Å². The molecule has 1 aromatic carbocycles. The van der Waals surface area contributed by atoms with Crippen LogP contribution in [0.1, 0.15) is 13.3 Å². The molecule has 0 aromatic heterocycles. The molecule has 5 nitrogen and oxygen atoms in total. The first-order chi connectivity index (χ1) is 9.04. The Bertz CT molecular complexity index is 397. The third kappa shape index (κ3) is 6.12. The van der Waals surface area contributed by atoms with Crippen molar-refractivity contribution in [2.45, 2.75) is 19.4 Å². The Morgan fingerprint density at radius 2 is 1.85 bits per heavy atom. The summed E-state index contributed by atoms with van der Waals surface area (Å²) in [5, 5.41) is 8.85. The summed E-state index contributed by atoms with van der Waals surface area (Å²) < 4.78 is 10.6. The van der Waals surface area contributed by atoms with Crippen LogP contribution in [-0.2, 0) is 4.79 Å². The van der Waals surface area contributed by atoms with Gasteiger partial charge in [-0.3, -0.25) is 9.69 Å². The summed E-state index contributed by atoms with van der Waals surface area (Å²) in [6.45, 7) is 2.92. The first kappa shape index (κ1) is 18.5. The van der Waals surface area contributed by atoms with Crippen molar-refractivity contribution in [3.63, 3.8) is 0 Å². The van der Waals surface area contributed by atoms with Gasteiger partial charge in [0, 0.05) is 6.54 Å². The average Bonchev–Trinajstić information content (AvgIpc) is 2.43. The standard InChI is InChI=1S/C14H21NO4.ClH/c1-11(14(16)17)15(2)9-4-10-19-13-7-5-12(18-3)6-8-13;/h5-8,11H,4,9-10H2,1-3H3,(H,16,17);1H. The molecule has 0 saturated heterocycles. The van der Waals surface area contributed by atoms with Crippen LogP contribution in [0.2, 0.25) is 0 Å². The fourth-order valence-electron chi connectivity index (χ4n) is 1.56. The maximum atomic E-state index is 10.8. The van der Waals surface area contributed by atoms with Crippen LogP contribution in [0, 0.1) is 0 Å². The van der Waals surface area contributed by atoms with Gasteiger partial charge in [-0.15, -0.1) is 12.4 Å². The van der Waals surface area contributed by atoms with Crippen molar-refractivity contribution in [3.8, 4) is 11.5 Å². The highest BCUT2D eigenvalue weighted by Gasteiger charge is 2.15. The van der Waals surface area contributed by atoms with E-state index < -0.39 is 12.0 Å². The molecule has 0 heterocycles. The number of carboxylic acid groups (broad SMARTS) is 1. The van der Waals surface area contributed by atoms with Gasteiger partial charge in [-0.25, -0.2) is 0 Å². The number of hydrogen-bond acceptors (Lipinski definition) is 4. The average molecular weight is 304 g/mol. The smallest absolute Gasteiger partial charge is 0.320 e. The Hall–Kier alpha value is -1.46. The predicted molar refractivity (Wildman–Crippen MR) is 80.1 cm³/mol. The summed E-state index contributed by atoms with van der Waals surface area (Å²) in [6.07, 6.45) is 0.778. The van der Waals surface area contributed by atoms with Gasteiger partial charge in [-0.05, 0) is 44.7 Å². The topological polar surface area (TPSA) is 59.0 Å². The molecule has 0 radical (unpaired) electrons. The molecule has 0 fully saturated rings. The monoisotopic (exact) mass is 303 g/mol. The zero-order valence-electron chi connectivity index (χ0n) is 12.0. The van der Waals surface area contributed by atoms with Crippen LogP contribution in [0.4, 0.5) is 0 Å². The lowest BCUT2D eigenvalue weighted by molar-refractivity contribution is -0.142. The summed E-state index contributed by atoms with van der Waals surface area (Å²) in [5.74, 6) is 0.774. The molecule has 1 unspecified atom stereocenters. The Balaban J connectivity index is 0.00000361. The van der Waals surface area contributed by atoms with E-state index in [0.717, 1.165) is 17.9 Å². The molecule has 6 heteroatoms. The highest BCUT2D eigenvalue weighted by atomic mass is 35.5. The van der Waals surface area contributed by atoms with Crippen LogP contribution < -0.4 is 9.47 Å². The quantitative estimate of drug-likeness (QED) is 0.747. The molecule has 1 atom stereocenters. The van der Waals surface area contributed by atoms with Gasteiger partial charge in [0.05, 0.1) is 13.7 Å². The Morgan fingerprint density at radius 3 is 2.35 bits per heavy atom. The molecule has 0 aliphatic heterocycles. The van der Waals surface area contributed by atoms with E-state index in [9.17, 15) is 4.79 Å². The SMILES string of the molecule is COc1ccc(OCCCN(C)C(C)C(=O)O)cc1.Cl. The summed E-state index contributed by atoms with van der Waals surface area (Å²) in [7, 11) is 3.42. The van der Waals surface area contributed by atoms with E-state index >= 15 is 0 Å². The second kappa shape index (κ2) is 9.44. The van der Waals surface area contributed by atoms with Crippen molar-refractivity contribution >= 4 is 18.4 Å². The van der Waals surface area contributed by atoms with E-state index in [1.165, 1.54) is 0 Å². The zero-order chi connectivity index (χ0) is 14.3. The minimum Gasteiger partial charge on any atom is -0.497 e. The lowest BCUT2D eigenvalue weighted by Gasteiger charge is -2.20. The molecule has 20 heavy (non-hydrogen) atoms. The normalized spacial score (nSPS) is 11.6. The number of benzene rings is 1. The molecule has 0 aliphatic rings. The number of halogens is 1. The Labute approximate surface area is 125 Å². The first-order valence-corrected chi connectivity index (χ1v) is 6.24. The van der Waals surface area contributed by atoms with Gasteiger partial charge in [0.15, 0.2) is 0 Å². The highest BCUT2D eigenvalue weighted by Crippen LogP contribution is 2.17. The van der Waals surface area contributed by atoms with E-state index in [1.54, 1.807) is 26.0 Å². The summed E-state index contributed by atoms with van der Waals surface area (Å²) in [6, 6.07) is 6.91. The molecule has 0 aliphatic carbocycles. The molecule has 0 saturated carbocycles. The van der Waals surface area contributed by atoms with E-state index in [4.69, 9.17) is 14.6 Å². The van der Waals surface area contributed by atoms with Gasteiger partial charge >= 0.3 is 5.97 Å². The van der Waals surface area contributed by atoms with Gasteiger partial charge in [0.1, 0.15) is 17.5 Å². The number of rotatable bonds is 8. The minimum absolute atomic E-state index is 0. The molecule has 114 valence electrons. The van der Waals surface area contributed by atoms with Crippen molar-refractivity contribution in [2.75, 3.05) is 27.3 Å². The number of aliphatic carboxylic acids is 1. The van der Waals surface area contributed by atoms with Crippen LogP contribution in [0.5, 0.6) is 11.5 Å². The van der Waals surface area contributed by atoms with Gasteiger partial charge in [-0.2, -0.15) is 0 Å². The number of carboxylic acids is 1. The van der Waals surface area contributed by atoms with Gasteiger partial charge in [0.25, 0.3) is 0 Å². The molecular formula is C14H22ClNO4. The molecule has 0 spiro atoms.